The molecule has 31 heavy (non-hydrogen) atoms. The molecule has 2 aromatic carbocycles. The molecule has 0 bridgehead atoms. The van der Waals surface area contributed by atoms with Crippen molar-refractivity contribution in [3.63, 3.8) is 0 Å². The first-order valence-electron chi connectivity index (χ1n) is 10.6. The van der Waals surface area contributed by atoms with E-state index >= 15 is 0 Å². The van der Waals surface area contributed by atoms with Gasteiger partial charge in [-0.15, -0.1) is 0 Å². The van der Waals surface area contributed by atoms with Crippen LogP contribution in [0.2, 0.25) is 0 Å². The van der Waals surface area contributed by atoms with Crippen molar-refractivity contribution in [1.82, 2.24) is 15.1 Å². The van der Waals surface area contributed by atoms with Gasteiger partial charge in [0.25, 0.3) is 5.91 Å². The maximum absolute atomic E-state index is 13.3. The average Bonchev–Trinajstić information content (AvgIpc) is 2.76. The molecule has 3 rings (SSSR count). The quantitative estimate of drug-likeness (QED) is 0.718. The van der Waals surface area contributed by atoms with Crippen molar-refractivity contribution >= 4 is 23.4 Å². The van der Waals surface area contributed by atoms with Crippen LogP contribution in [-0.4, -0.2) is 60.2 Å². The topological polar surface area (TPSA) is 81.8 Å². The van der Waals surface area contributed by atoms with Gasteiger partial charge in [-0.1, -0.05) is 35.9 Å². The molecule has 0 aliphatic carbocycles. The van der Waals surface area contributed by atoms with Crippen molar-refractivity contribution < 1.29 is 14.4 Å². The lowest BCUT2D eigenvalue weighted by molar-refractivity contribution is -0.132. The molecular formula is C24H30N4O3. The van der Waals surface area contributed by atoms with E-state index in [1.807, 2.05) is 36.1 Å². The molecule has 0 saturated carbocycles. The van der Waals surface area contributed by atoms with Crippen molar-refractivity contribution in [2.45, 2.75) is 26.8 Å². The molecule has 1 aliphatic rings. The van der Waals surface area contributed by atoms with Crippen LogP contribution in [0, 0.1) is 6.92 Å². The highest BCUT2D eigenvalue weighted by Crippen LogP contribution is 2.16. The van der Waals surface area contributed by atoms with Crippen LogP contribution in [0.15, 0.2) is 48.5 Å². The molecule has 0 unspecified atom stereocenters. The number of hydrogen-bond donors (Lipinski definition) is 2. The summed E-state index contributed by atoms with van der Waals surface area (Å²) in [5.41, 5.74) is 3.19. The van der Waals surface area contributed by atoms with Gasteiger partial charge in [0.1, 0.15) is 0 Å². The fraction of sp³-hybridized carbons (Fsp3) is 0.375. The summed E-state index contributed by atoms with van der Waals surface area (Å²) in [6.07, 6.45) is 0.281. The number of carbonyl (C=O) groups excluding carboxylic acids is 3. The molecule has 1 saturated heterocycles. The Kier molecular flexibility index (Phi) is 7.78. The summed E-state index contributed by atoms with van der Waals surface area (Å²) in [4.78, 5) is 40.9. The summed E-state index contributed by atoms with van der Waals surface area (Å²) in [5.74, 6) is -0.291. The molecule has 0 aromatic heterocycles. The maximum atomic E-state index is 13.3. The minimum Gasteiger partial charge on any atom is -0.340 e. The number of nitrogens with zero attached hydrogens (tertiary/aromatic N) is 2. The van der Waals surface area contributed by atoms with E-state index in [4.69, 9.17) is 0 Å². The van der Waals surface area contributed by atoms with E-state index in [2.05, 4.69) is 10.6 Å². The van der Waals surface area contributed by atoms with E-state index in [-0.39, 0.29) is 24.1 Å². The summed E-state index contributed by atoms with van der Waals surface area (Å²) in [5, 5.41) is 5.96. The number of hydrogen-bond acceptors (Lipinski definition) is 4. The molecule has 1 aliphatic heterocycles. The van der Waals surface area contributed by atoms with E-state index in [0.29, 0.717) is 37.4 Å². The maximum Gasteiger partial charge on any atom is 0.254 e. The molecule has 2 N–H and O–H groups in total. The Morgan fingerprint density at radius 1 is 1.06 bits per heavy atom. The van der Waals surface area contributed by atoms with E-state index in [0.717, 1.165) is 24.2 Å². The highest BCUT2D eigenvalue weighted by atomic mass is 16.2. The van der Waals surface area contributed by atoms with Gasteiger partial charge in [0, 0.05) is 63.9 Å². The van der Waals surface area contributed by atoms with Gasteiger partial charge in [-0.25, -0.2) is 0 Å². The summed E-state index contributed by atoms with van der Waals surface area (Å²) in [7, 11) is 0. The molecule has 7 heteroatoms. The summed E-state index contributed by atoms with van der Waals surface area (Å²) in [6.45, 7) is 7.19. The number of amides is 3. The third kappa shape index (κ3) is 6.65. The number of carbonyl (C=O) groups is 3. The number of aryl methyl sites for hydroxylation is 1. The van der Waals surface area contributed by atoms with Crippen molar-refractivity contribution in [2.24, 2.45) is 0 Å². The zero-order chi connectivity index (χ0) is 22.2. The fourth-order valence-corrected chi connectivity index (χ4v) is 3.70. The third-order valence-corrected chi connectivity index (χ3v) is 5.24. The Morgan fingerprint density at radius 2 is 1.81 bits per heavy atom. The minimum atomic E-state index is -0.192. The molecule has 164 valence electrons. The second-order valence-corrected chi connectivity index (χ2v) is 7.86. The first kappa shape index (κ1) is 22.5. The largest absolute Gasteiger partial charge is 0.340 e. The second-order valence-electron chi connectivity index (χ2n) is 7.86. The molecule has 0 radical (unpaired) electrons. The van der Waals surface area contributed by atoms with Gasteiger partial charge in [-0.2, -0.15) is 0 Å². The van der Waals surface area contributed by atoms with Crippen molar-refractivity contribution in [1.29, 1.82) is 0 Å². The smallest absolute Gasteiger partial charge is 0.254 e. The van der Waals surface area contributed by atoms with Crippen molar-refractivity contribution in [3.8, 4) is 0 Å². The lowest BCUT2D eigenvalue weighted by atomic mass is 10.1. The zero-order valence-electron chi connectivity index (χ0n) is 18.2. The van der Waals surface area contributed by atoms with Crippen LogP contribution in [0.4, 0.5) is 5.69 Å². The summed E-state index contributed by atoms with van der Waals surface area (Å²) in [6, 6.07) is 14.9. The predicted octanol–water partition coefficient (Wildman–Crippen LogP) is 2.42. The van der Waals surface area contributed by atoms with Gasteiger partial charge in [-0.3, -0.25) is 14.4 Å². The molecule has 0 atom stereocenters. The number of anilines is 1. The van der Waals surface area contributed by atoms with E-state index in [9.17, 15) is 14.4 Å². The Hall–Kier alpha value is -3.19. The standard InChI is InChI=1S/C24H30N4O3/c1-18-5-3-6-20(15-18)17-28(12-9-23(30)27-13-10-25-11-14-27)24(31)21-7-4-8-22(16-21)26-19(2)29/h3-8,15-16,25H,9-14,17H2,1-2H3,(H,26,29). The van der Waals surface area contributed by atoms with Gasteiger partial charge in [0.2, 0.25) is 11.8 Å². The average molecular weight is 423 g/mol. The molecule has 7 nitrogen and oxygen atoms in total. The Morgan fingerprint density at radius 3 is 2.52 bits per heavy atom. The minimum absolute atomic E-state index is 0.0653. The van der Waals surface area contributed by atoms with Crippen LogP contribution >= 0.6 is 0 Å². The summed E-state index contributed by atoms with van der Waals surface area (Å²) < 4.78 is 0. The highest BCUT2D eigenvalue weighted by Gasteiger charge is 2.21. The lowest BCUT2D eigenvalue weighted by Crippen LogP contribution is -2.47. The van der Waals surface area contributed by atoms with Crippen LogP contribution in [0.5, 0.6) is 0 Å². The van der Waals surface area contributed by atoms with E-state index in [1.54, 1.807) is 29.2 Å². The molecule has 2 aromatic rings. The van der Waals surface area contributed by atoms with Crippen LogP contribution in [-0.2, 0) is 16.1 Å². The van der Waals surface area contributed by atoms with Crippen LogP contribution in [0.3, 0.4) is 0 Å². The zero-order valence-corrected chi connectivity index (χ0v) is 18.2. The number of benzene rings is 2. The SMILES string of the molecule is CC(=O)Nc1cccc(C(=O)N(CCC(=O)N2CCNCC2)Cc2cccc(C)c2)c1. The molecule has 1 heterocycles. The van der Waals surface area contributed by atoms with E-state index < -0.39 is 0 Å². The molecule has 1 fully saturated rings. The number of rotatable bonds is 7. The van der Waals surface area contributed by atoms with Crippen molar-refractivity contribution in [3.05, 3.63) is 65.2 Å². The third-order valence-electron chi connectivity index (χ3n) is 5.24. The predicted molar refractivity (Wildman–Crippen MR) is 121 cm³/mol. The highest BCUT2D eigenvalue weighted by molar-refractivity contribution is 5.97. The summed E-state index contributed by atoms with van der Waals surface area (Å²) >= 11 is 0. The Bertz CT molecular complexity index is 938. The van der Waals surface area contributed by atoms with Crippen molar-refractivity contribution in [2.75, 3.05) is 38.0 Å². The lowest BCUT2D eigenvalue weighted by Gasteiger charge is -2.29. The second kappa shape index (κ2) is 10.7. The van der Waals surface area contributed by atoms with Crippen LogP contribution in [0.1, 0.15) is 34.8 Å². The fourth-order valence-electron chi connectivity index (χ4n) is 3.70. The van der Waals surface area contributed by atoms with Gasteiger partial charge in [0.05, 0.1) is 0 Å². The molecule has 0 spiro atoms. The Labute approximate surface area is 183 Å². The molecule has 3 amide bonds. The normalized spacial score (nSPS) is 13.5. The first-order chi connectivity index (χ1) is 14.9. The van der Waals surface area contributed by atoms with Gasteiger partial charge < -0.3 is 20.4 Å². The van der Waals surface area contributed by atoms with Gasteiger partial charge in [0.15, 0.2) is 0 Å². The first-order valence-corrected chi connectivity index (χ1v) is 10.6. The van der Waals surface area contributed by atoms with Gasteiger partial charge >= 0.3 is 0 Å². The van der Waals surface area contributed by atoms with Crippen LogP contribution in [0.25, 0.3) is 0 Å². The van der Waals surface area contributed by atoms with Crippen LogP contribution < -0.4 is 10.6 Å². The monoisotopic (exact) mass is 422 g/mol. The van der Waals surface area contributed by atoms with E-state index in [1.165, 1.54) is 6.92 Å². The number of nitrogens with one attached hydrogen (secondary N) is 2. The molecular weight excluding hydrogens is 392 g/mol. The Balaban J connectivity index is 1.76. The number of piperazine rings is 1. The van der Waals surface area contributed by atoms with Gasteiger partial charge in [-0.05, 0) is 30.7 Å².